The molecule has 1 heterocycles. The third kappa shape index (κ3) is 4.87. The maximum atomic E-state index is 12.3. The second-order valence-electron chi connectivity index (χ2n) is 4.60. The minimum atomic E-state index is -4.03. The van der Waals surface area contributed by atoms with Crippen molar-refractivity contribution in [2.45, 2.75) is 4.90 Å². The predicted molar refractivity (Wildman–Crippen MR) is 95.0 cm³/mol. The molecule has 0 aliphatic heterocycles. The number of pyridine rings is 1. The van der Waals surface area contributed by atoms with Gasteiger partial charge in [-0.1, -0.05) is 34.8 Å². The number of rotatable bonds is 5. The van der Waals surface area contributed by atoms with Crippen molar-refractivity contribution in [3.63, 3.8) is 0 Å². The van der Waals surface area contributed by atoms with Crippen molar-refractivity contribution in [2.75, 3.05) is 15.7 Å². The zero-order valence-electron chi connectivity index (χ0n) is 11.9. The maximum Gasteiger partial charge on any atom is 0.264 e. The Hall–Kier alpha value is -1.26. The van der Waals surface area contributed by atoms with Gasteiger partial charge in [0.15, 0.2) is 5.15 Å². The molecule has 7 nitrogen and oxygen atoms in total. The lowest BCUT2D eigenvalue weighted by atomic mass is 10.3. The molecule has 2 aromatic rings. The van der Waals surface area contributed by atoms with Crippen LogP contribution in [0.15, 0.2) is 35.2 Å². The Morgan fingerprint density at radius 3 is 2.17 bits per heavy atom. The van der Waals surface area contributed by atoms with E-state index in [-0.39, 0.29) is 31.6 Å². The minimum Gasteiger partial charge on any atom is -0.282 e. The maximum absolute atomic E-state index is 12.3. The van der Waals surface area contributed by atoms with Crippen LogP contribution in [0.3, 0.4) is 0 Å². The van der Waals surface area contributed by atoms with Crippen LogP contribution in [0.25, 0.3) is 0 Å². The van der Waals surface area contributed by atoms with Crippen molar-refractivity contribution in [1.82, 2.24) is 4.98 Å². The molecule has 0 spiro atoms. The van der Waals surface area contributed by atoms with Gasteiger partial charge >= 0.3 is 0 Å². The molecule has 0 fully saturated rings. The van der Waals surface area contributed by atoms with Crippen LogP contribution in [0, 0.1) is 0 Å². The van der Waals surface area contributed by atoms with Crippen LogP contribution in [0.1, 0.15) is 0 Å². The van der Waals surface area contributed by atoms with Gasteiger partial charge in [-0.25, -0.2) is 21.8 Å². The first-order valence-electron chi connectivity index (χ1n) is 6.10. The average molecular weight is 431 g/mol. The molecular weight excluding hydrogens is 421 g/mol. The molecule has 0 bridgehead atoms. The van der Waals surface area contributed by atoms with Gasteiger partial charge in [0.05, 0.1) is 22.7 Å². The molecule has 0 radical (unpaired) electrons. The normalized spacial score (nSPS) is 12.0. The van der Waals surface area contributed by atoms with E-state index in [1.165, 1.54) is 30.3 Å². The topological polar surface area (TPSA) is 105 Å². The largest absolute Gasteiger partial charge is 0.282 e. The Labute approximate surface area is 154 Å². The van der Waals surface area contributed by atoms with E-state index in [1.54, 1.807) is 0 Å². The molecule has 0 saturated heterocycles. The first-order valence-corrected chi connectivity index (χ1v) is 10.6. The Balaban J connectivity index is 2.32. The number of aromatic nitrogens is 1. The van der Waals surface area contributed by atoms with Crippen molar-refractivity contribution in [3.05, 3.63) is 45.7 Å². The third-order valence-electron chi connectivity index (χ3n) is 2.59. The molecule has 12 heteroatoms. The van der Waals surface area contributed by atoms with Crippen LogP contribution in [-0.4, -0.2) is 28.1 Å². The Kier molecular flexibility index (Phi) is 5.50. The van der Waals surface area contributed by atoms with Gasteiger partial charge in [0.2, 0.25) is 10.0 Å². The fraction of sp³-hybridized carbons (Fsp3) is 0.0833. The van der Waals surface area contributed by atoms with E-state index < -0.39 is 20.0 Å². The number of anilines is 2. The summed E-state index contributed by atoms with van der Waals surface area (Å²) < 4.78 is 51.5. The average Bonchev–Trinajstić information content (AvgIpc) is 2.39. The molecule has 130 valence electrons. The zero-order chi connectivity index (χ0) is 18.1. The van der Waals surface area contributed by atoms with Crippen molar-refractivity contribution in [3.8, 4) is 0 Å². The molecule has 2 rings (SSSR count). The molecule has 2 N–H and O–H groups in total. The summed E-state index contributed by atoms with van der Waals surface area (Å²) in [6.07, 6.45) is 0.968. The van der Waals surface area contributed by atoms with E-state index in [0.29, 0.717) is 0 Å². The smallest absolute Gasteiger partial charge is 0.264 e. The highest BCUT2D eigenvalue weighted by Gasteiger charge is 2.20. The van der Waals surface area contributed by atoms with Crippen molar-refractivity contribution < 1.29 is 16.8 Å². The number of benzene rings is 1. The molecule has 0 unspecified atom stereocenters. The predicted octanol–water partition coefficient (Wildman–Crippen LogP) is 3.21. The lowest BCUT2D eigenvalue weighted by Crippen LogP contribution is -2.14. The quantitative estimate of drug-likeness (QED) is 0.709. The number of nitrogens with one attached hydrogen (secondary N) is 2. The summed E-state index contributed by atoms with van der Waals surface area (Å²) >= 11 is 17.4. The van der Waals surface area contributed by atoms with Crippen molar-refractivity contribution >= 4 is 66.2 Å². The van der Waals surface area contributed by atoms with Crippen LogP contribution in [0.5, 0.6) is 0 Å². The van der Waals surface area contributed by atoms with Gasteiger partial charge in [-0.2, -0.15) is 0 Å². The summed E-state index contributed by atoms with van der Waals surface area (Å²) in [6.45, 7) is 0. The standard InChI is InChI=1S/C12H10Cl3N3O4S2/c1-23(19,20)18-9-3-2-7(6-8(9)13)17-24(21,22)10-4-5-11(14)16-12(10)15/h2-6,17-18H,1H3. The minimum absolute atomic E-state index is 0.0148. The molecule has 24 heavy (non-hydrogen) atoms. The van der Waals surface area contributed by atoms with Gasteiger partial charge in [0.25, 0.3) is 10.0 Å². The SMILES string of the molecule is CS(=O)(=O)Nc1ccc(NS(=O)(=O)c2ccc(Cl)nc2Cl)cc1Cl. The third-order valence-corrected chi connectivity index (χ3v) is 5.51. The van der Waals surface area contributed by atoms with E-state index in [0.717, 1.165) is 6.26 Å². The van der Waals surface area contributed by atoms with E-state index in [4.69, 9.17) is 34.8 Å². The highest BCUT2D eigenvalue weighted by molar-refractivity contribution is 7.93. The Morgan fingerprint density at radius 2 is 1.62 bits per heavy atom. The molecule has 0 aliphatic carbocycles. The van der Waals surface area contributed by atoms with Gasteiger partial charge in [0.1, 0.15) is 10.0 Å². The fourth-order valence-electron chi connectivity index (χ4n) is 1.67. The summed E-state index contributed by atoms with van der Waals surface area (Å²) in [5, 5.41) is -0.212. The first kappa shape index (κ1) is 19.1. The van der Waals surface area contributed by atoms with Crippen molar-refractivity contribution in [1.29, 1.82) is 0 Å². The summed E-state index contributed by atoms with van der Waals surface area (Å²) in [5.74, 6) is 0. The lowest BCUT2D eigenvalue weighted by molar-refractivity contribution is 0.600. The number of hydrogen-bond donors (Lipinski definition) is 2. The van der Waals surface area contributed by atoms with Gasteiger partial charge in [-0.15, -0.1) is 0 Å². The van der Waals surface area contributed by atoms with Crippen LogP contribution in [0.4, 0.5) is 11.4 Å². The van der Waals surface area contributed by atoms with Crippen LogP contribution >= 0.6 is 34.8 Å². The van der Waals surface area contributed by atoms with Crippen LogP contribution in [-0.2, 0) is 20.0 Å². The molecule has 1 aromatic carbocycles. The number of hydrogen-bond acceptors (Lipinski definition) is 5. The number of nitrogens with zero attached hydrogens (tertiary/aromatic N) is 1. The second kappa shape index (κ2) is 6.93. The van der Waals surface area contributed by atoms with Gasteiger partial charge in [-0.05, 0) is 30.3 Å². The number of sulfonamides is 2. The highest BCUT2D eigenvalue weighted by Crippen LogP contribution is 2.29. The zero-order valence-corrected chi connectivity index (χ0v) is 15.8. The molecule has 0 atom stereocenters. The molecule has 1 aromatic heterocycles. The first-order chi connectivity index (χ1) is 11.0. The molecule has 0 aliphatic rings. The monoisotopic (exact) mass is 429 g/mol. The summed E-state index contributed by atoms with van der Waals surface area (Å²) in [7, 11) is -7.54. The summed E-state index contributed by atoms with van der Waals surface area (Å²) in [4.78, 5) is 3.40. The lowest BCUT2D eigenvalue weighted by Gasteiger charge is -2.11. The summed E-state index contributed by atoms with van der Waals surface area (Å²) in [6, 6.07) is 6.41. The fourth-order valence-corrected chi connectivity index (χ4v) is 4.24. The molecule has 0 amide bonds. The second-order valence-corrected chi connectivity index (χ2v) is 9.15. The highest BCUT2D eigenvalue weighted by atomic mass is 35.5. The molecular formula is C12H10Cl3N3O4S2. The number of halogens is 3. The molecule has 0 saturated carbocycles. The van der Waals surface area contributed by atoms with Gasteiger partial charge in [-0.3, -0.25) is 9.44 Å². The van der Waals surface area contributed by atoms with Gasteiger partial charge < -0.3 is 0 Å². The van der Waals surface area contributed by atoms with Gasteiger partial charge in [0, 0.05) is 0 Å². The van der Waals surface area contributed by atoms with Crippen LogP contribution < -0.4 is 9.44 Å². The Morgan fingerprint density at radius 1 is 0.958 bits per heavy atom. The van der Waals surface area contributed by atoms with E-state index >= 15 is 0 Å². The van der Waals surface area contributed by atoms with E-state index in [9.17, 15) is 16.8 Å². The Bertz CT molecular complexity index is 995. The van der Waals surface area contributed by atoms with Crippen LogP contribution in [0.2, 0.25) is 15.3 Å². The summed E-state index contributed by atoms with van der Waals surface area (Å²) in [5.41, 5.74) is 0.235. The van der Waals surface area contributed by atoms with E-state index in [1.807, 2.05) is 0 Å². The van der Waals surface area contributed by atoms with E-state index in [2.05, 4.69) is 14.4 Å². The van der Waals surface area contributed by atoms with Crippen molar-refractivity contribution in [2.24, 2.45) is 0 Å².